The van der Waals surface area contributed by atoms with E-state index in [4.69, 9.17) is 18.0 Å². The van der Waals surface area contributed by atoms with Crippen LogP contribution in [0.25, 0.3) is 0 Å². The molecule has 0 radical (unpaired) electrons. The number of halogens is 1. The molecule has 0 aliphatic rings. The fraction of sp³-hybridized carbons (Fsp3) is 0.0769. The Hall–Kier alpha value is -1.46. The second-order valence-corrected chi connectivity index (χ2v) is 5.12. The van der Waals surface area contributed by atoms with Crippen molar-refractivity contribution >= 4 is 38.8 Å². The average molecular weight is 322 g/mol. The monoisotopic (exact) mass is 321 g/mol. The SMILES string of the molecule is NC(=S)c1ccncc1NCc1ccc(Br)cc1. The van der Waals surface area contributed by atoms with Crippen molar-refractivity contribution in [2.45, 2.75) is 6.54 Å². The number of thiocarbonyl (C=S) groups is 1. The molecule has 1 heterocycles. The summed E-state index contributed by atoms with van der Waals surface area (Å²) in [5, 5.41) is 3.29. The van der Waals surface area contributed by atoms with E-state index in [9.17, 15) is 0 Å². The van der Waals surface area contributed by atoms with Crippen LogP contribution in [0.5, 0.6) is 0 Å². The molecular weight excluding hydrogens is 310 g/mol. The lowest BCUT2D eigenvalue weighted by Gasteiger charge is -2.10. The molecule has 0 bridgehead atoms. The zero-order valence-corrected chi connectivity index (χ0v) is 12.0. The van der Waals surface area contributed by atoms with E-state index in [0.717, 1.165) is 15.7 Å². The molecule has 5 heteroatoms. The largest absolute Gasteiger partial charge is 0.389 e. The molecule has 1 aromatic carbocycles. The van der Waals surface area contributed by atoms with Gasteiger partial charge in [-0.3, -0.25) is 4.98 Å². The van der Waals surface area contributed by atoms with Gasteiger partial charge < -0.3 is 11.1 Å². The Morgan fingerprint density at radius 1 is 1.28 bits per heavy atom. The van der Waals surface area contributed by atoms with Crippen molar-refractivity contribution in [1.29, 1.82) is 0 Å². The predicted octanol–water partition coefficient (Wildman–Crippen LogP) is 3.09. The summed E-state index contributed by atoms with van der Waals surface area (Å²) in [4.78, 5) is 4.44. The smallest absolute Gasteiger partial charge is 0.106 e. The summed E-state index contributed by atoms with van der Waals surface area (Å²) in [5.41, 5.74) is 8.51. The van der Waals surface area contributed by atoms with Gasteiger partial charge in [0.15, 0.2) is 0 Å². The highest BCUT2D eigenvalue weighted by molar-refractivity contribution is 9.10. The lowest BCUT2D eigenvalue weighted by atomic mass is 10.2. The summed E-state index contributed by atoms with van der Waals surface area (Å²) < 4.78 is 1.07. The number of nitrogens with zero attached hydrogens (tertiary/aromatic N) is 1. The molecule has 0 saturated heterocycles. The first-order valence-corrected chi connectivity index (χ1v) is 6.59. The van der Waals surface area contributed by atoms with E-state index in [-0.39, 0.29) is 0 Å². The molecule has 0 spiro atoms. The number of aromatic nitrogens is 1. The van der Waals surface area contributed by atoms with E-state index in [1.165, 1.54) is 5.56 Å². The molecule has 0 amide bonds. The molecule has 0 aliphatic carbocycles. The Morgan fingerprint density at radius 2 is 2.00 bits per heavy atom. The van der Waals surface area contributed by atoms with Gasteiger partial charge in [-0.25, -0.2) is 0 Å². The van der Waals surface area contributed by atoms with Crippen LogP contribution in [-0.2, 0) is 6.54 Å². The molecule has 18 heavy (non-hydrogen) atoms. The van der Waals surface area contributed by atoms with Gasteiger partial charge in [0.05, 0.1) is 11.9 Å². The van der Waals surface area contributed by atoms with Gasteiger partial charge in [-0.05, 0) is 23.8 Å². The molecule has 1 aromatic heterocycles. The van der Waals surface area contributed by atoms with E-state index < -0.39 is 0 Å². The van der Waals surface area contributed by atoms with Gasteiger partial charge in [0.1, 0.15) is 4.99 Å². The van der Waals surface area contributed by atoms with Crippen molar-refractivity contribution in [3.8, 4) is 0 Å². The quantitative estimate of drug-likeness (QED) is 0.850. The summed E-state index contributed by atoms with van der Waals surface area (Å²) in [5.74, 6) is 0. The van der Waals surface area contributed by atoms with Crippen molar-refractivity contribution in [1.82, 2.24) is 4.98 Å². The number of nitrogens with one attached hydrogen (secondary N) is 1. The Kier molecular flexibility index (Phi) is 4.28. The summed E-state index contributed by atoms with van der Waals surface area (Å²) in [6.07, 6.45) is 3.41. The summed E-state index contributed by atoms with van der Waals surface area (Å²) in [7, 11) is 0. The highest BCUT2D eigenvalue weighted by atomic mass is 79.9. The number of pyridine rings is 1. The van der Waals surface area contributed by atoms with Gasteiger partial charge >= 0.3 is 0 Å². The molecule has 2 rings (SSSR count). The first-order chi connectivity index (χ1) is 8.66. The Balaban J connectivity index is 2.10. The minimum atomic E-state index is 0.371. The van der Waals surface area contributed by atoms with Crippen LogP contribution >= 0.6 is 28.1 Å². The van der Waals surface area contributed by atoms with Gasteiger partial charge in [0.25, 0.3) is 0 Å². The molecule has 0 unspecified atom stereocenters. The van der Waals surface area contributed by atoms with E-state index in [2.05, 4.69) is 26.2 Å². The maximum absolute atomic E-state index is 5.66. The van der Waals surface area contributed by atoms with E-state index >= 15 is 0 Å². The lowest BCUT2D eigenvalue weighted by molar-refractivity contribution is 1.13. The number of benzene rings is 1. The summed E-state index contributed by atoms with van der Waals surface area (Å²) >= 11 is 8.41. The maximum Gasteiger partial charge on any atom is 0.106 e. The average Bonchev–Trinajstić information content (AvgIpc) is 2.38. The van der Waals surface area contributed by atoms with Crippen molar-refractivity contribution in [2.75, 3.05) is 5.32 Å². The predicted molar refractivity (Wildman–Crippen MR) is 81.6 cm³/mol. The van der Waals surface area contributed by atoms with Crippen LogP contribution in [0.3, 0.4) is 0 Å². The van der Waals surface area contributed by atoms with E-state index in [1.54, 1.807) is 12.4 Å². The van der Waals surface area contributed by atoms with Crippen LogP contribution in [-0.4, -0.2) is 9.97 Å². The minimum absolute atomic E-state index is 0.371. The van der Waals surface area contributed by atoms with Gasteiger partial charge in [0, 0.05) is 22.8 Å². The van der Waals surface area contributed by atoms with Crippen LogP contribution in [0.15, 0.2) is 47.2 Å². The van der Waals surface area contributed by atoms with Gasteiger partial charge in [-0.2, -0.15) is 0 Å². The maximum atomic E-state index is 5.66. The number of hydrogen-bond donors (Lipinski definition) is 2. The normalized spacial score (nSPS) is 10.1. The Bertz CT molecular complexity index is 554. The molecule has 0 fully saturated rings. The third kappa shape index (κ3) is 3.27. The first kappa shape index (κ1) is 13.0. The van der Waals surface area contributed by atoms with Gasteiger partial charge in [-0.1, -0.05) is 40.3 Å². The third-order valence-electron chi connectivity index (χ3n) is 2.48. The fourth-order valence-corrected chi connectivity index (χ4v) is 1.99. The first-order valence-electron chi connectivity index (χ1n) is 5.39. The van der Waals surface area contributed by atoms with Crippen LogP contribution in [0, 0.1) is 0 Å². The molecule has 92 valence electrons. The second kappa shape index (κ2) is 5.93. The minimum Gasteiger partial charge on any atom is -0.389 e. The molecule has 3 N–H and O–H groups in total. The highest BCUT2D eigenvalue weighted by Gasteiger charge is 2.04. The summed E-state index contributed by atoms with van der Waals surface area (Å²) in [6, 6.07) is 9.93. The van der Waals surface area contributed by atoms with Crippen LogP contribution in [0.4, 0.5) is 5.69 Å². The molecule has 0 atom stereocenters. The van der Waals surface area contributed by atoms with Crippen molar-refractivity contribution in [2.24, 2.45) is 5.73 Å². The van der Waals surface area contributed by atoms with Crippen LogP contribution < -0.4 is 11.1 Å². The molecule has 2 aromatic rings. The zero-order chi connectivity index (χ0) is 13.0. The molecule has 0 aliphatic heterocycles. The molecular formula is C13H12BrN3S. The standard InChI is InChI=1S/C13H12BrN3S/c14-10-3-1-9(2-4-10)7-17-12-8-16-6-5-11(12)13(15)18/h1-6,8,17H,7H2,(H2,15,18). The Labute approximate surface area is 120 Å². The number of hydrogen-bond acceptors (Lipinski definition) is 3. The number of anilines is 1. The van der Waals surface area contributed by atoms with Crippen molar-refractivity contribution in [3.63, 3.8) is 0 Å². The lowest BCUT2D eigenvalue weighted by Crippen LogP contribution is -2.13. The van der Waals surface area contributed by atoms with Crippen LogP contribution in [0.1, 0.15) is 11.1 Å². The van der Waals surface area contributed by atoms with E-state index in [1.807, 2.05) is 30.3 Å². The third-order valence-corrected chi connectivity index (χ3v) is 3.23. The van der Waals surface area contributed by atoms with E-state index in [0.29, 0.717) is 11.5 Å². The summed E-state index contributed by atoms with van der Waals surface area (Å²) in [6.45, 7) is 0.703. The fourth-order valence-electron chi connectivity index (χ4n) is 1.55. The Morgan fingerprint density at radius 3 is 2.67 bits per heavy atom. The van der Waals surface area contributed by atoms with Crippen molar-refractivity contribution in [3.05, 3.63) is 58.3 Å². The van der Waals surface area contributed by atoms with Crippen molar-refractivity contribution < 1.29 is 0 Å². The van der Waals surface area contributed by atoms with Crippen LogP contribution in [0.2, 0.25) is 0 Å². The molecule has 3 nitrogen and oxygen atoms in total. The topological polar surface area (TPSA) is 50.9 Å². The number of rotatable bonds is 4. The highest BCUT2D eigenvalue weighted by Crippen LogP contribution is 2.16. The molecule has 0 saturated carbocycles. The zero-order valence-electron chi connectivity index (χ0n) is 9.56. The van der Waals surface area contributed by atoms with Gasteiger partial charge in [-0.15, -0.1) is 0 Å². The second-order valence-electron chi connectivity index (χ2n) is 3.77. The van der Waals surface area contributed by atoms with Gasteiger partial charge in [0.2, 0.25) is 0 Å². The number of nitrogens with two attached hydrogens (primary N) is 1.